The standard InChI is InChI=1S/C23H22N4O2/c24-15-17-5-7-18(8-6-17)19-9-11-21(12-10-19)29-16-23(28)26-22-13-14-25-27(22)20-3-1-2-4-20/h5-14,20H,1-4,16H2,(H,26,28). The second kappa shape index (κ2) is 8.61. The first-order valence-corrected chi connectivity index (χ1v) is 9.80. The number of amides is 1. The van der Waals surface area contributed by atoms with Crippen LogP contribution in [0.3, 0.4) is 0 Å². The van der Waals surface area contributed by atoms with Crippen LogP contribution in [0, 0.1) is 11.3 Å². The molecule has 1 N–H and O–H groups in total. The molecule has 1 saturated carbocycles. The van der Waals surface area contributed by atoms with E-state index in [0.717, 1.165) is 29.8 Å². The van der Waals surface area contributed by atoms with Crippen molar-refractivity contribution in [3.63, 3.8) is 0 Å². The lowest BCUT2D eigenvalue weighted by atomic mass is 10.0. The van der Waals surface area contributed by atoms with Gasteiger partial charge in [-0.1, -0.05) is 37.1 Å². The summed E-state index contributed by atoms with van der Waals surface area (Å²) in [6.07, 6.45) is 6.34. The maximum atomic E-state index is 12.3. The van der Waals surface area contributed by atoms with Gasteiger partial charge in [-0.25, -0.2) is 4.68 Å². The summed E-state index contributed by atoms with van der Waals surface area (Å²) in [5.74, 6) is 1.14. The van der Waals surface area contributed by atoms with E-state index in [1.54, 1.807) is 18.3 Å². The minimum Gasteiger partial charge on any atom is -0.484 e. The SMILES string of the molecule is N#Cc1ccc(-c2ccc(OCC(=O)Nc3ccnn3C3CCCC3)cc2)cc1. The van der Waals surface area contributed by atoms with Crippen molar-refractivity contribution in [2.45, 2.75) is 31.7 Å². The van der Waals surface area contributed by atoms with E-state index in [-0.39, 0.29) is 12.5 Å². The molecule has 1 heterocycles. The maximum absolute atomic E-state index is 12.3. The van der Waals surface area contributed by atoms with Gasteiger partial charge in [0.15, 0.2) is 6.61 Å². The van der Waals surface area contributed by atoms with Crippen LogP contribution in [-0.4, -0.2) is 22.3 Å². The van der Waals surface area contributed by atoms with Crippen LogP contribution in [0.5, 0.6) is 5.75 Å². The van der Waals surface area contributed by atoms with Crippen molar-refractivity contribution in [1.82, 2.24) is 9.78 Å². The quantitative estimate of drug-likeness (QED) is 0.674. The van der Waals surface area contributed by atoms with Crippen LogP contribution in [0.4, 0.5) is 5.82 Å². The Hall–Kier alpha value is -3.59. The van der Waals surface area contributed by atoms with Gasteiger partial charge in [0.2, 0.25) is 0 Å². The van der Waals surface area contributed by atoms with Crippen LogP contribution in [-0.2, 0) is 4.79 Å². The van der Waals surface area contributed by atoms with Crippen molar-refractivity contribution >= 4 is 11.7 Å². The summed E-state index contributed by atoms with van der Waals surface area (Å²) in [6.45, 7) is -0.0634. The molecule has 0 unspecified atom stereocenters. The molecule has 0 atom stereocenters. The number of ether oxygens (including phenoxy) is 1. The highest BCUT2D eigenvalue weighted by atomic mass is 16.5. The molecule has 1 fully saturated rings. The number of carbonyl (C=O) groups excluding carboxylic acids is 1. The fourth-order valence-corrected chi connectivity index (χ4v) is 3.66. The van der Waals surface area contributed by atoms with E-state index in [9.17, 15) is 4.79 Å². The number of benzene rings is 2. The summed E-state index contributed by atoms with van der Waals surface area (Å²) >= 11 is 0. The lowest BCUT2D eigenvalue weighted by Crippen LogP contribution is -2.23. The van der Waals surface area contributed by atoms with Gasteiger partial charge in [-0.05, 0) is 48.2 Å². The lowest BCUT2D eigenvalue weighted by Gasteiger charge is -2.15. The Balaban J connectivity index is 1.32. The second-order valence-electron chi connectivity index (χ2n) is 7.15. The van der Waals surface area contributed by atoms with Crippen LogP contribution in [0.2, 0.25) is 0 Å². The first kappa shape index (κ1) is 18.8. The average Bonchev–Trinajstić information content (AvgIpc) is 3.44. The van der Waals surface area contributed by atoms with Gasteiger partial charge in [0.25, 0.3) is 5.91 Å². The molecule has 4 rings (SSSR count). The number of carbonyl (C=O) groups is 1. The number of nitrogens with one attached hydrogen (secondary N) is 1. The fourth-order valence-electron chi connectivity index (χ4n) is 3.66. The van der Waals surface area contributed by atoms with Gasteiger partial charge in [-0.2, -0.15) is 10.4 Å². The largest absolute Gasteiger partial charge is 0.484 e. The first-order chi connectivity index (χ1) is 14.2. The van der Waals surface area contributed by atoms with Crippen molar-refractivity contribution in [2.75, 3.05) is 11.9 Å². The van der Waals surface area contributed by atoms with Gasteiger partial charge in [0, 0.05) is 6.07 Å². The van der Waals surface area contributed by atoms with Crippen molar-refractivity contribution in [2.24, 2.45) is 0 Å². The third-order valence-corrected chi connectivity index (χ3v) is 5.18. The Bertz CT molecular complexity index is 1010. The molecule has 0 spiro atoms. The number of nitriles is 1. The molecule has 1 aliphatic rings. The zero-order chi connectivity index (χ0) is 20.1. The minimum atomic E-state index is -0.207. The van der Waals surface area contributed by atoms with Gasteiger partial charge in [0.1, 0.15) is 11.6 Å². The number of nitrogens with zero attached hydrogens (tertiary/aromatic N) is 3. The fraction of sp³-hybridized carbons (Fsp3) is 0.261. The summed E-state index contributed by atoms with van der Waals surface area (Å²) in [5, 5.41) is 16.1. The lowest BCUT2D eigenvalue weighted by molar-refractivity contribution is -0.118. The highest BCUT2D eigenvalue weighted by molar-refractivity contribution is 5.91. The molecule has 1 aromatic heterocycles. The molecule has 1 amide bonds. The van der Waals surface area contributed by atoms with Crippen LogP contribution in [0.25, 0.3) is 11.1 Å². The molecule has 1 aliphatic carbocycles. The molecular weight excluding hydrogens is 364 g/mol. The molecule has 0 aliphatic heterocycles. The normalized spacial score (nSPS) is 13.8. The van der Waals surface area contributed by atoms with Crippen LogP contribution < -0.4 is 10.1 Å². The van der Waals surface area contributed by atoms with E-state index < -0.39 is 0 Å². The molecule has 0 bridgehead atoms. The molecule has 6 nitrogen and oxygen atoms in total. The van der Waals surface area contributed by atoms with E-state index >= 15 is 0 Å². The van der Waals surface area contributed by atoms with E-state index in [2.05, 4.69) is 16.5 Å². The predicted molar refractivity (Wildman–Crippen MR) is 110 cm³/mol. The van der Waals surface area contributed by atoms with Crippen LogP contribution >= 0.6 is 0 Å². The van der Waals surface area contributed by atoms with Gasteiger partial charge >= 0.3 is 0 Å². The smallest absolute Gasteiger partial charge is 0.263 e. The Labute approximate surface area is 169 Å². The number of aromatic nitrogens is 2. The van der Waals surface area contributed by atoms with E-state index in [1.165, 1.54) is 12.8 Å². The monoisotopic (exact) mass is 386 g/mol. The summed E-state index contributed by atoms with van der Waals surface area (Å²) in [4.78, 5) is 12.3. The Morgan fingerprint density at radius 1 is 1.07 bits per heavy atom. The third kappa shape index (κ3) is 4.46. The third-order valence-electron chi connectivity index (χ3n) is 5.18. The summed E-state index contributed by atoms with van der Waals surface area (Å²) in [7, 11) is 0. The molecular formula is C23H22N4O2. The van der Waals surface area contributed by atoms with Gasteiger partial charge < -0.3 is 10.1 Å². The Kier molecular flexibility index (Phi) is 5.57. The zero-order valence-electron chi connectivity index (χ0n) is 16.0. The first-order valence-electron chi connectivity index (χ1n) is 9.80. The molecule has 146 valence electrons. The number of hydrogen-bond donors (Lipinski definition) is 1. The summed E-state index contributed by atoms with van der Waals surface area (Å²) in [6, 6.07) is 19.3. The predicted octanol–water partition coefficient (Wildman–Crippen LogP) is 4.55. The van der Waals surface area contributed by atoms with E-state index in [4.69, 9.17) is 10.00 Å². The summed E-state index contributed by atoms with van der Waals surface area (Å²) in [5.41, 5.74) is 2.68. The topological polar surface area (TPSA) is 79.9 Å². The van der Waals surface area contributed by atoms with Gasteiger partial charge in [-0.3, -0.25) is 4.79 Å². The molecule has 0 saturated heterocycles. The van der Waals surface area contributed by atoms with Gasteiger partial charge in [0.05, 0.1) is 23.9 Å². The van der Waals surface area contributed by atoms with E-state index in [1.807, 2.05) is 47.1 Å². The molecule has 0 radical (unpaired) electrons. The maximum Gasteiger partial charge on any atom is 0.263 e. The Morgan fingerprint density at radius 3 is 2.38 bits per heavy atom. The van der Waals surface area contributed by atoms with Crippen LogP contribution in [0.15, 0.2) is 60.8 Å². The second-order valence-corrected chi connectivity index (χ2v) is 7.15. The highest BCUT2D eigenvalue weighted by Crippen LogP contribution is 2.31. The zero-order valence-corrected chi connectivity index (χ0v) is 16.0. The molecule has 29 heavy (non-hydrogen) atoms. The molecule has 6 heteroatoms. The van der Waals surface area contributed by atoms with E-state index in [0.29, 0.717) is 17.4 Å². The number of rotatable bonds is 6. The van der Waals surface area contributed by atoms with Crippen molar-refractivity contribution < 1.29 is 9.53 Å². The van der Waals surface area contributed by atoms with Gasteiger partial charge in [-0.15, -0.1) is 0 Å². The van der Waals surface area contributed by atoms with Crippen LogP contribution in [0.1, 0.15) is 37.3 Å². The van der Waals surface area contributed by atoms with Crippen molar-refractivity contribution in [3.8, 4) is 22.9 Å². The molecule has 2 aromatic carbocycles. The number of hydrogen-bond acceptors (Lipinski definition) is 4. The Morgan fingerprint density at radius 2 is 1.72 bits per heavy atom. The summed E-state index contributed by atoms with van der Waals surface area (Å²) < 4.78 is 7.54. The average molecular weight is 386 g/mol. The minimum absolute atomic E-state index is 0.0634. The highest BCUT2D eigenvalue weighted by Gasteiger charge is 2.20. The molecule has 3 aromatic rings. The number of anilines is 1. The van der Waals surface area contributed by atoms with Crippen molar-refractivity contribution in [3.05, 3.63) is 66.4 Å². The van der Waals surface area contributed by atoms with Crippen molar-refractivity contribution in [1.29, 1.82) is 5.26 Å².